The number of fused-ring (bicyclic) bond motifs is 1. The van der Waals surface area contributed by atoms with Crippen LogP contribution in [0, 0.1) is 6.92 Å². The fourth-order valence-electron chi connectivity index (χ4n) is 7.61. The van der Waals surface area contributed by atoms with E-state index < -0.39 is 12.1 Å². The highest BCUT2D eigenvalue weighted by molar-refractivity contribution is 7.21. The van der Waals surface area contributed by atoms with Gasteiger partial charge in [0.1, 0.15) is 10.9 Å². The van der Waals surface area contributed by atoms with Gasteiger partial charge in [-0.05, 0) is 108 Å². The molecule has 4 N–H and O–H groups in total. The van der Waals surface area contributed by atoms with Crippen molar-refractivity contribution in [3.8, 4) is 21.6 Å². The number of likely N-dealkylation sites (tertiary alicyclic amines) is 1. The first-order valence-electron chi connectivity index (χ1n) is 20.8. The van der Waals surface area contributed by atoms with E-state index in [0.717, 1.165) is 70.6 Å². The average molecular weight is 896 g/mol. The number of nitrogens with one attached hydrogen (secondary N) is 3. The number of rotatable bonds is 10. The van der Waals surface area contributed by atoms with Gasteiger partial charge in [0.15, 0.2) is 0 Å². The highest BCUT2D eigenvalue weighted by Gasteiger charge is 2.38. The van der Waals surface area contributed by atoms with E-state index in [-0.39, 0.29) is 35.0 Å². The van der Waals surface area contributed by atoms with Crippen molar-refractivity contribution in [1.29, 1.82) is 0 Å². The van der Waals surface area contributed by atoms with Crippen molar-refractivity contribution >= 4 is 50.9 Å². The molecule has 5 heterocycles. The van der Waals surface area contributed by atoms with E-state index in [1.165, 1.54) is 21.6 Å². The third kappa shape index (κ3) is 11.2. The van der Waals surface area contributed by atoms with Crippen molar-refractivity contribution in [3.63, 3.8) is 0 Å². The molecule has 0 bridgehead atoms. The molecule has 2 aliphatic heterocycles. The highest BCUT2D eigenvalue weighted by atomic mass is 32.1. The fourth-order valence-corrected chi connectivity index (χ4v) is 8.64. The number of amides is 3. The number of aromatic nitrogens is 3. The number of thiophene rings is 1. The Hall–Kier alpha value is -6.46. The van der Waals surface area contributed by atoms with Crippen LogP contribution in [0.3, 0.4) is 0 Å². The maximum atomic E-state index is 12.7. The van der Waals surface area contributed by atoms with E-state index in [1.807, 2.05) is 39.1 Å². The second-order valence-corrected chi connectivity index (χ2v) is 18.0. The van der Waals surface area contributed by atoms with Crippen molar-refractivity contribution in [3.05, 3.63) is 119 Å². The van der Waals surface area contributed by atoms with Crippen LogP contribution >= 0.6 is 11.3 Å². The summed E-state index contributed by atoms with van der Waals surface area (Å²) in [4.78, 5) is 58.9. The number of carbonyl (C=O) groups excluding carboxylic acids is 3. The minimum atomic E-state index is -5.08. The molecule has 3 aromatic heterocycles. The zero-order chi connectivity index (χ0) is 45.8. The number of carboxylic acid groups (broad SMARTS) is 1. The van der Waals surface area contributed by atoms with Crippen molar-refractivity contribution in [2.75, 3.05) is 18.4 Å². The van der Waals surface area contributed by atoms with Crippen LogP contribution < -0.4 is 16.0 Å². The second-order valence-electron chi connectivity index (χ2n) is 17.0. The lowest BCUT2D eigenvalue weighted by atomic mass is 9.89. The number of alkyl halides is 3. The largest absolute Gasteiger partial charge is 0.490 e. The van der Waals surface area contributed by atoms with E-state index in [0.29, 0.717) is 31.2 Å². The average Bonchev–Trinajstić information content (AvgIpc) is 3.94. The summed E-state index contributed by atoms with van der Waals surface area (Å²) < 4.78 is 37.0. The molecule has 3 amide bonds. The first kappa shape index (κ1) is 45.6. The van der Waals surface area contributed by atoms with Crippen molar-refractivity contribution in [2.45, 2.75) is 90.0 Å². The maximum Gasteiger partial charge on any atom is 0.490 e. The molecule has 334 valence electrons. The van der Waals surface area contributed by atoms with Gasteiger partial charge in [-0.2, -0.15) is 18.2 Å². The molecule has 0 saturated carbocycles. The lowest BCUT2D eigenvalue weighted by Gasteiger charge is -2.32. The number of anilines is 1. The summed E-state index contributed by atoms with van der Waals surface area (Å²) in [6, 6.07) is 27.7. The van der Waals surface area contributed by atoms with Gasteiger partial charge in [0.2, 0.25) is 17.7 Å². The molecule has 1 atom stereocenters. The van der Waals surface area contributed by atoms with Crippen LogP contribution in [-0.2, 0) is 32.9 Å². The number of aliphatic carboxylic acids is 1. The summed E-state index contributed by atoms with van der Waals surface area (Å²) in [6.45, 7) is 11.3. The van der Waals surface area contributed by atoms with Gasteiger partial charge in [0, 0.05) is 47.1 Å². The zero-order valence-electron chi connectivity index (χ0n) is 35.7. The summed E-state index contributed by atoms with van der Waals surface area (Å²) in [6.07, 6.45) is -0.115. The number of aryl methyl sites for hydroxylation is 1. The summed E-state index contributed by atoms with van der Waals surface area (Å²) in [5.41, 5.74) is 8.71. The van der Waals surface area contributed by atoms with Crippen LogP contribution in [0.5, 0.6) is 0 Å². The van der Waals surface area contributed by atoms with Crippen LogP contribution in [-0.4, -0.2) is 74.1 Å². The smallest absolute Gasteiger partial charge is 0.475 e. The molecular formula is C47H48F3N7O6S. The molecular weight excluding hydrogens is 848 g/mol. The lowest BCUT2D eigenvalue weighted by Crippen LogP contribution is -2.47. The molecule has 0 radical (unpaired) electrons. The molecule has 2 saturated heterocycles. The third-order valence-corrected chi connectivity index (χ3v) is 12.3. The first-order chi connectivity index (χ1) is 30.4. The van der Waals surface area contributed by atoms with Gasteiger partial charge in [-0.25, -0.2) is 9.78 Å². The van der Waals surface area contributed by atoms with Crippen LogP contribution in [0.1, 0.15) is 91.1 Å². The summed E-state index contributed by atoms with van der Waals surface area (Å²) in [5, 5.41) is 20.7. The van der Waals surface area contributed by atoms with Gasteiger partial charge in [0.05, 0.1) is 0 Å². The van der Waals surface area contributed by atoms with E-state index in [4.69, 9.17) is 19.4 Å². The number of hydrogen-bond donors (Lipinski definition) is 4. The van der Waals surface area contributed by atoms with E-state index in [9.17, 15) is 27.6 Å². The zero-order valence-corrected chi connectivity index (χ0v) is 36.5. The topological polar surface area (TPSA) is 180 Å². The van der Waals surface area contributed by atoms with Gasteiger partial charge in [-0.15, -0.1) is 11.3 Å². The summed E-state index contributed by atoms with van der Waals surface area (Å²) in [7, 11) is 0. The number of piperidine rings is 2. The summed E-state index contributed by atoms with van der Waals surface area (Å²) >= 11 is 1.71. The normalized spacial score (nSPS) is 16.2. The van der Waals surface area contributed by atoms with Crippen LogP contribution in [0.15, 0.2) is 89.6 Å². The second kappa shape index (κ2) is 19.1. The van der Waals surface area contributed by atoms with Gasteiger partial charge in [-0.1, -0.05) is 80.5 Å². The van der Waals surface area contributed by atoms with Crippen LogP contribution in [0.2, 0.25) is 0 Å². The molecule has 64 heavy (non-hydrogen) atoms. The Bertz CT molecular complexity index is 2650. The molecule has 1 unspecified atom stereocenters. The molecule has 6 aromatic rings. The minimum absolute atomic E-state index is 0.0387. The predicted molar refractivity (Wildman–Crippen MR) is 237 cm³/mol. The number of imide groups is 1. The lowest BCUT2D eigenvalue weighted by molar-refractivity contribution is -0.192. The van der Waals surface area contributed by atoms with Gasteiger partial charge in [0.25, 0.3) is 11.7 Å². The standard InChI is InChI=1S/C45H47N7O4S.C2HF3O2/c1-27-23-32(9-10-33(27)25-47-42(55)40-50-44(56-51-40)45(2,3)4)35-17-20-46-43-36(35)24-38(57-43)31-7-5-28(6-8-31)26-52-21-18-30(19-22-52)29-11-13-34(14-12-29)48-37-15-16-39(53)49-41(37)54;3-2(4,5)1(6)7/h5-14,17,20,23-24,30,37,48H,15-16,18-19,21-22,25-26H2,1-4H3,(H,47,55)(H,49,53,54);(H,6,7). The molecule has 0 spiro atoms. The van der Waals surface area contributed by atoms with Gasteiger partial charge < -0.3 is 20.3 Å². The number of carboxylic acids is 1. The maximum absolute atomic E-state index is 12.7. The van der Waals surface area contributed by atoms with E-state index in [2.05, 4.69) is 105 Å². The Morgan fingerprint density at radius 1 is 0.938 bits per heavy atom. The monoisotopic (exact) mass is 895 g/mol. The number of carbonyl (C=O) groups is 4. The molecule has 2 aliphatic rings. The molecule has 13 nitrogen and oxygen atoms in total. The van der Waals surface area contributed by atoms with Crippen molar-refractivity contribution in [1.82, 2.24) is 30.7 Å². The number of nitrogens with zero attached hydrogens (tertiary/aromatic N) is 4. The predicted octanol–water partition coefficient (Wildman–Crippen LogP) is 8.78. The van der Waals surface area contributed by atoms with E-state index >= 15 is 0 Å². The number of hydrogen-bond acceptors (Lipinski definition) is 11. The Balaban J connectivity index is 0.000000809. The third-order valence-electron chi connectivity index (χ3n) is 11.2. The molecule has 17 heteroatoms. The SMILES string of the molecule is Cc1cc(-c2ccnc3sc(-c4ccc(CN5CCC(c6ccc(NC7CCC(=O)NC7=O)cc6)CC5)cc4)cc23)ccc1CNC(=O)c1noc(C(C)(C)C)n1.O=C(O)C(F)(F)F. The molecule has 2 fully saturated rings. The van der Waals surface area contributed by atoms with Gasteiger partial charge >= 0.3 is 12.1 Å². The quantitative estimate of drug-likeness (QED) is 0.0966. The Kier molecular flexibility index (Phi) is 13.6. The van der Waals surface area contributed by atoms with Gasteiger partial charge in [-0.3, -0.25) is 24.6 Å². The number of halogens is 3. The van der Waals surface area contributed by atoms with Crippen molar-refractivity contribution in [2.24, 2.45) is 0 Å². The van der Waals surface area contributed by atoms with E-state index in [1.54, 1.807) is 11.3 Å². The molecule has 8 rings (SSSR count). The fraction of sp³-hybridized carbons (Fsp3) is 0.340. The first-order valence-corrected chi connectivity index (χ1v) is 21.7. The van der Waals surface area contributed by atoms with Crippen molar-refractivity contribution < 1.29 is 42.0 Å². The number of benzene rings is 3. The van der Waals surface area contributed by atoms with Crippen LogP contribution in [0.25, 0.3) is 31.8 Å². The Labute approximate surface area is 371 Å². The number of pyridine rings is 1. The summed E-state index contributed by atoms with van der Waals surface area (Å²) in [5.74, 6) is -2.59. The highest BCUT2D eigenvalue weighted by Crippen LogP contribution is 2.38. The van der Waals surface area contributed by atoms with Crippen LogP contribution in [0.4, 0.5) is 18.9 Å². The minimum Gasteiger partial charge on any atom is -0.475 e. The Morgan fingerprint density at radius 2 is 1.62 bits per heavy atom. The molecule has 3 aromatic carbocycles. The Morgan fingerprint density at radius 3 is 2.25 bits per heavy atom. The molecule has 0 aliphatic carbocycles.